The zero-order valence-electron chi connectivity index (χ0n) is 4.37. The van der Waals surface area contributed by atoms with Crippen LogP contribution in [0.5, 0.6) is 0 Å². The number of aromatic nitrogens is 2. The molecule has 0 amide bonds. The van der Waals surface area contributed by atoms with E-state index in [1.807, 2.05) is 6.08 Å². The Labute approximate surface area is 52.0 Å². The van der Waals surface area contributed by atoms with Crippen LogP contribution in [0.3, 0.4) is 0 Å². The van der Waals surface area contributed by atoms with Crippen LogP contribution < -0.4 is 0 Å². The van der Waals surface area contributed by atoms with Crippen molar-refractivity contribution in [3.8, 4) is 0 Å². The summed E-state index contributed by atoms with van der Waals surface area (Å²) in [5.74, 6) is 0. The first-order chi connectivity index (χ1) is 3.93. The molecule has 0 atom stereocenters. The summed E-state index contributed by atoms with van der Waals surface area (Å²) in [5.41, 5.74) is 0. The zero-order valence-corrected chi connectivity index (χ0v) is 5.19. The van der Waals surface area contributed by atoms with Crippen molar-refractivity contribution in [2.24, 2.45) is 0 Å². The molecule has 1 heterocycles. The standard InChI is InChI=1S/C5H6N2S/c1-2-3-5-4-6-7-8-5/h2,4H,1,3H2. The summed E-state index contributed by atoms with van der Waals surface area (Å²) < 4.78 is 3.68. The fraction of sp³-hybridized carbons (Fsp3) is 0.200. The third kappa shape index (κ3) is 1.13. The lowest BCUT2D eigenvalue weighted by Gasteiger charge is -1.77. The fourth-order valence-corrected chi connectivity index (χ4v) is 0.906. The van der Waals surface area contributed by atoms with E-state index in [-0.39, 0.29) is 0 Å². The van der Waals surface area contributed by atoms with E-state index in [0.717, 1.165) is 6.42 Å². The molecule has 1 rings (SSSR count). The Kier molecular flexibility index (Phi) is 1.75. The van der Waals surface area contributed by atoms with Gasteiger partial charge < -0.3 is 0 Å². The number of hydrogen-bond acceptors (Lipinski definition) is 3. The maximum atomic E-state index is 3.68. The number of rotatable bonds is 2. The minimum absolute atomic E-state index is 0.887. The summed E-state index contributed by atoms with van der Waals surface area (Å²) in [6.45, 7) is 3.59. The first-order valence-corrected chi connectivity index (χ1v) is 3.08. The second kappa shape index (κ2) is 2.57. The van der Waals surface area contributed by atoms with Crippen molar-refractivity contribution < 1.29 is 0 Å². The Hall–Kier alpha value is -0.700. The van der Waals surface area contributed by atoms with Gasteiger partial charge in [0, 0.05) is 11.3 Å². The van der Waals surface area contributed by atoms with Gasteiger partial charge in [0.15, 0.2) is 0 Å². The predicted octanol–water partition coefficient (Wildman–Crippen LogP) is 1.27. The molecule has 0 spiro atoms. The molecule has 0 N–H and O–H groups in total. The minimum atomic E-state index is 0.887. The Balaban J connectivity index is 2.62. The van der Waals surface area contributed by atoms with Crippen LogP contribution >= 0.6 is 11.5 Å². The average molecular weight is 126 g/mol. The summed E-state index contributed by atoms with van der Waals surface area (Å²) in [4.78, 5) is 1.17. The summed E-state index contributed by atoms with van der Waals surface area (Å²) >= 11 is 1.42. The maximum absolute atomic E-state index is 3.68. The minimum Gasteiger partial charge on any atom is -0.146 e. The molecule has 0 fully saturated rings. The quantitative estimate of drug-likeness (QED) is 0.557. The van der Waals surface area contributed by atoms with Crippen LogP contribution in [-0.2, 0) is 6.42 Å². The van der Waals surface area contributed by atoms with E-state index in [1.165, 1.54) is 16.4 Å². The SMILES string of the molecule is C=CCc1cnns1. The van der Waals surface area contributed by atoms with Crippen LogP contribution in [-0.4, -0.2) is 9.59 Å². The molecule has 0 aliphatic heterocycles. The molecule has 0 radical (unpaired) electrons. The van der Waals surface area contributed by atoms with Gasteiger partial charge in [0.25, 0.3) is 0 Å². The van der Waals surface area contributed by atoms with Crippen molar-refractivity contribution >= 4 is 11.5 Å². The van der Waals surface area contributed by atoms with Crippen LogP contribution in [0.4, 0.5) is 0 Å². The number of allylic oxidation sites excluding steroid dienone is 1. The second-order valence-electron chi connectivity index (χ2n) is 1.38. The topological polar surface area (TPSA) is 25.8 Å². The number of nitrogens with zero attached hydrogens (tertiary/aromatic N) is 2. The molecule has 1 aromatic heterocycles. The van der Waals surface area contributed by atoms with Crippen molar-refractivity contribution in [1.29, 1.82) is 0 Å². The Bertz CT molecular complexity index is 157. The Morgan fingerprint density at radius 1 is 1.88 bits per heavy atom. The molecule has 0 saturated heterocycles. The number of hydrogen-bond donors (Lipinski definition) is 0. The van der Waals surface area contributed by atoms with Crippen LogP contribution in [0.25, 0.3) is 0 Å². The monoisotopic (exact) mass is 126 g/mol. The molecule has 0 unspecified atom stereocenters. The highest BCUT2D eigenvalue weighted by Gasteiger charge is 1.88. The van der Waals surface area contributed by atoms with Gasteiger partial charge in [-0.1, -0.05) is 10.6 Å². The van der Waals surface area contributed by atoms with Crippen molar-refractivity contribution in [3.05, 3.63) is 23.7 Å². The van der Waals surface area contributed by atoms with E-state index in [1.54, 1.807) is 6.20 Å². The first-order valence-electron chi connectivity index (χ1n) is 2.30. The van der Waals surface area contributed by atoms with Crippen LogP contribution in [0.2, 0.25) is 0 Å². The van der Waals surface area contributed by atoms with Gasteiger partial charge in [0.05, 0.1) is 6.20 Å². The molecule has 0 aliphatic carbocycles. The van der Waals surface area contributed by atoms with Crippen LogP contribution in [0, 0.1) is 0 Å². The van der Waals surface area contributed by atoms with E-state index in [0.29, 0.717) is 0 Å². The molecule has 0 aliphatic rings. The molecule has 8 heavy (non-hydrogen) atoms. The molecular formula is C5H6N2S. The Morgan fingerprint density at radius 2 is 2.75 bits per heavy atom. The van der Waals surface area contributed by atoms with Gasteiger partial charge in [0.1, 0.15) is 0 Å². The summed E-state index contributed by atoms with van der Waals surface area (Å²) in [7, 11) is 0. The van der Waals surface area contributed by atoms with E-state index in [2.05, 4.69) is 16.2 Å². The Morgan fingerprint density at radius 3 is 3.25 bits per heavy atom. The molecule has 2 nitrogen and oxygen atoms in total. The van der Waals surface area contributed by atoms with Crippen molar-refractivity contribution in [3.63, 3.8) is 0 Å². The van der Waals surface area contributed by atoms with Crippen LogP contribution in [0.1, 0.15) is 4.88 Å². The highest BCUT2D eigenvalue weighted by atomic mass is 32.1. The molecule has 1 aromatic rings. The van der Waals surface area contributed by atoms with Crippen molar-refractivity contribution in [2.45, 2.75) is 6.42 Å². The van der Waals surface area contributed by atoms with E-state index in [9.17, 15) is 0 Å². The van der Waals surface area contributed by atoms with E-state index < -0.39 is 0 Å². The van der Waals surface area contributed by atoms with Crippen molar-refractivity contribution in [2.75, 3.05) is 0 Å². The lowest BCUT2D eigenvalue weighted by atomic mass is 10.4. The molecule has 0 aromatic carbocycles. The molecule has 3 heteroatoms. The van der Waals surface area contributed by atoms with Gasteiger partial charge >= 0.3 is 0 Å². The van der Waals surface area contributed by atoms with E-state index >= 15 is 0 Å². The lowest BCUT2D eigenvalue weighted by Crippen LogP contribution is -1.67. The zero-order chi connectivity index (χ0) is 5.82. The highest BCUT2D eigenvalue weighted by molar-refractivity contribution is 7.05. The maximum Gasteiger partial charge on any atom is 0.0656 e. The summed E-state index contributed by atoms with van der Waals surface area (Å²) in [6.07, 6.45) is 4.49. The second-order valence-corrected chi connectivity index (χ2v) is 2.25. The van der Waals surface area contributed by atoms with Gasteiger partial charge in [-0.25, -0.2) is 0 Å². The predicted molar refractivity (Wildman–Crippen MR) is 33.8 cm³/mol. The van der Waals surface area contributed by atoms with Gasteiger partial charge in [-0.15, -0.1) is 11.7 Å². The third-order valence-electron chi connectivity index (χ3n) is 0.752. The molecular weight excluding hydrogens is 120 g/mol. The molecule has 0 saturated carbocycles. The fourth-order valence-electron chi connectivity index (χ4n) is 0.420. The third-order valence-corrected chi connectivity index (χ3v) is 1.43. The van der Waals surface area contributed by atoms with Gasteiger partial charge in [-0.3, -0.25) is 0 Å². The highest BCUT2D eigenvalue weighted by Crippen LogP contribution is 2.01. The lowest BCUT2D eigenvalue weighted by molar-refractivity contribution is 1.14. The largest absolute Gasteiger partial charge is 0.146 e. The van der Waals surface area contributed by atoms with Gasteiger partial charge in [-0.05, 0) is 11.5 Å². The van der Waals surface area contributed by atoms with E-state index in [4.69, 9.17) is 0 Å². The average Bonchev–Trinajstić information content (AvgIpc) is 2.19. The summed E-state index contributed by atoms with van der Waals surface area (Å²) in [6, 6.07) is 0. The van der Waals surface area contributed by atoms with Gasteiger partial charge in [0.2, 0.25) is 0 Å². The van der Waals surface area contributed by atoms with Gasteiger partial charge in [-0.2, -0.15) is 0 Å². The molecule has 42 valence electrons. The summed E-state index contributed by atoms with van der Waals surface area (Å²) in [5, 5.41) is 3.66. The first kappa shape index (κ1) is 5.44. The van der Waals surface area contributed by atoms with Crippen LogP contribution in [0.15, 0.2) is 18.9 Å². The normalized spacial score (nSPS) is 9.00. The molecule has 0 bridgehead atoms. The van der Waals surface area contributed by atoms with Crippen molar-refractivity contribution in [1.82, 2.24) is 9.59 Å². The smallest absolute Gasteiger partial charge is 0.0656 e.